The van der Waals surface area contributed by atoms with E-state index in [1.807, 2.05) is 38.1 Å². The van der Waals surface area contributed by atoms with Crippen LogP contribution in [0.2, 0.25) is 0 Å². The monoisotopic (exact) mass is 477 g/mol. The molecule has 1 aliphatic rings. The van der Waals surface area contributed by atoms with Gasteiger partial charge in [0.2, 0.25) is 11.0 Å². The molecule has 1 atom stereocenters. The van der Waals surface area contributed by atoms with Crippen LogP contribution in [0.4, 0.5) is 5.82 Å². The van der Waals surface area contributed by atoms with Crippen LogP contribution in [0.15, 0.2) is 36.4 Å². The summed E-state index contributed by atoms with van der Waals surface area (Å²) in [7, 11) is 1.52. The van der Waals surface area contributed by atoms with Crippen LogP contribution in [0.1, 0.15) is 34.7 Å². The molecule has 0 unspecified atom stereocenters. The van der Waals surface area contributed by atoms with E-state index >= 15 is 0 Å². The van der Waals surface area contributed by atoms with Crippen molar-refractivity contribution >= 4 is 39.2 Å². The van der Waals surface area contributed by atoms with Gasteiger partial charge in [-0.05, 0) is 49.2 Å². The molecule has 174 valence electrons. The van der Waals surface area contributed by atoms with Crippen molar-refractivity contribution in [3.63, 3.8) is 0 Å². The smallest absolute Gasteiger partial charge is 0.255 e. The minimum Gasteiger partial charge on any atom is -0.493 e. The Balaban J connectivity index is 1.57. The number of hydrogen-bond acceptors (Lipinski definition) is 7. The number of fused-ring (bicyclic) bond motifs is 2. The Bertz CT molecular complexity index is 1440. The van der Waals surface area contributed by atoms with E-state index in [2.05, 4.69) is 11.4 Å². The van der Waals surface area contributed by atoms with Crippen molar-refractivity contribution in [3.05, 3.63) is 58.8 Å². The van der Waals surface area contributed by atoms with E-state index in [0.717, 1.165) is 32.6 Å². The Hall–Kier alpha value is -3.92. The van der Waals surface area contributed by atoms with Crippen molar-refractivity contribution in [2.24, 2.45) is 5.73 Å². The number of nitrogens with zero attached hydrogens (tertiary/aromatic N) is 3. The number of amides is 2. The van der Waals surface area contributed by atoms with Gasteiger partial charge in [-0.25, -0.2) is 4.98 Å². The second kappa shape index (κ2) is 8.45. The van der Waals surface area contributed by atoms with Gasteiger partial charge in [0.15, 0.2) is 18.1 Å². The molecule has 4 aromatic rings. The SMILES string of the molecule is COc1cc([C@H]2CC(=O)Nc3c2c(C)nn3-c2nc3ccc(C)cc3s2)ccc1OCC(N)=O. The van der Waals surface area contributed by atoms with Gasteiger partial charge < -0.3 is 20.5 Å². The first kappa shape index (κ1) is 21.9. The van der Waals surface area contributed by atoms with Gasteiger partial charge in [-0.2, -0.15) is 9.78 Å². The van der Waals surface area contributed by atoms with Gasteiger partial charge in [-0.3, -0.25) is 9.59 Å². The summed E-state index contributed by atoms with van der Waals surface area (Å²) in [6.07, 6.45) is 0.267. The van der Waals surface area contributed by atoms with E-state index in [1.54, 1.807) is 10.7 Å². The van der Waals surface area contributed by atoms with Crippen LogP contribution in [0, 0.1) is 13.8 Å². The first-order chi connectivity index (χ1) is 16.3. The molecule has 2 aromatic carbocycles. The highest BCUT2D eigenvalue weighted by Crippen LogP contribution is 2.43. The number of ether oxygens (including phenoxy) is 2. The molecule has 3 heterocycles. The molecular weight excluding hydrogens is 454 g/mol. The first-order valence-corrected chi connectivity index (χ1v) is 11.5. The maximum atomic E-state index is 12.7. The lowest BCUT2D eigenvalue weighted by molar-refractivity contribution is -0.120. The summed E-state index contributed by atoms with van der Waals surface area (Å²) in [4.78, 5) is 28.6. The van der Waals surface area contributed by atoms with Gasteiger partial charge in [0.25, 0.3) is 5.91 Å². The Kier molecular flexibility index (Phi) is 5.45. The molecule has 10 heteroatoms. The molecule has 0 spiro atoms. The van der Waals surface area contributed by atoms with E-state index < -0.39 is 5.91 Å². The number of aryl methyl sites for hydroxylation is 2. The summed E-state index contributed by atoms with van der Waals surface area (Å²) < 4.78 is 13.7. The molecule has 0 fully saturated rings. The number of carbonyl (C=O) groups is 2. The zero-order valence-electron chi connectivity index (χ0n) is 18.9. The molecule has 34 heavy (non-hydrogen) atoms. The average Bonchev–Trinajstić information content (AvgIpc) is 3.37. The Morgan fingerprint density at radius 1 is 1.24 bits per heavy atom. The molecule has 5 rings (SSSR count). The number of rotatable bonds is 6. The molecule has 0 saturated heterocycles. The van der Waals surface area contributed by atoms with E-state index in [9.17, 15) is 9.59 Å². The fourth-order valence-corrected chi connectivity index (χ4v) is 5.27. The lowest BCUT2D eigenvalue weighted by atomic mass is 9.85. The van der Waals surface area contributed by atoms with Gasteiger partial charge in [-0.1, -0.05) is 23.5 Å². The first-order valence-electron chi connectivity index (χ1n) is 10.7. The summed E-state index contributed by atoms with van der Waals surface area (Å²) in [5, 5.41) is 8.43. The topological polar surface area (TPSA) is 121 Å². The Morgan fingerprint density at radius 2 is 2.06 bits per heavy atom. The molecule has 0 saturated carbocycles. The van der Waals surface area contributed by atoms with Crippen molar-refractivity contribution in [1.82, 2.24) is 14.8 Å². The number of thiazole rings is 1. The molecule has 9 nitrogen and oxygen atoms in total. The van der Waals surface area contributed by atoms with Crippen molar-refractivity contribution in [3.8, 4) is 16.6 Å². The molecule has 1 aliphatic heterocycles. The summed E-state index contributed by atoms with van der Waals surface area (Å²) in [6, 6.07) is 11.5. The third-order valence-electron chi connectivity index (χ3n) is 5.78. The average molecular weight is 478 g/mol. The highest BCUT2D eigenvalue weighted by Gasteiger charge is 2.33. The Labute approximate surface area is 199 Å². The fraction of sp³-hybridized carbons (Fsp3) is 0.250. The molecule has 2 aromatic heterocycles. The number of primary amides is 1. The van der Waals surface area contributed by atoms with Crippen molar-refractivity contribution in [2.45, 2.75) is 26.2 Å². The van der Waals surface area contributed by atoms with Gasteiger partial charge in [0.1, 0.15) is 5.82 Å². The second-order valence-corrected chi connectivity index (χ2v) is 9.21. The number of aromatic nitrogens is 3. The second-order valence-electron chi connectivity index (χ2n) is 8.20. The van der Waals surface area contributed by atoms with Crippen LogP contribution in [-0.2, 0) is 9.59 Å². The zero-order valence-corrected chi connectivity index (χ0v) is 19.7. The normalized spacial score (nSPS) is 15.1. The standard InChI is InChI=1S/C24H23N5O4S/c1-12-4-6-16-19(8-12)34-24(26-16)29-23-22(13(2)28-29)15(10-21(31)27-23)14-5-7-17(18(9-14)32-3)33-11-20(25)30/h4-9,15H,10-11H2,1-3H3,(H2,25,30)(H,27,31)/t15-/m1/s1. The minimum absolute atomic E-state index is 0.108. The number of methoxy groups -OCH3 is 1. The third-order valence-corrected chi connectivity index (χ3v) is 6.77. The highest BCUT2D eigenvalue weighted by atomic mass is 32.1. The predicted octanol–water partition coefficient (Wildman–Crippen LogP) is 3.45. The van der Waals surface area contributed by atoms with Crippen molar-refractivity contribution in [1.29, 1.82) is 0 Å². The Morgan fingerprint density at radius 3 is 2.82 bits per heavy atom. The fourth-order valence-electron chi connectivity index (χ4n) is 4.25. The predicted molar refractivity (Wildman–Crippen MR) is 129 cm³/mol. The molecular formula is C24H23N5O4S. The highest BCUT2D eigenvalue weighted by molar-refractivity contribution is 7.20. The van der Waals surface area contributed by atoms with Crippen molar-refractivity contribution < 1.29 is 19.1 Å². The van der Waals surface area contributed by atoms with E-state index in [0.29, 0.717) is 22.4 Å². The lowest BCUT2D eigenvalue weighted by Gasteiger charge is -2.24. The van der Waals surface area contributed by atoms with Crippen LogP contribution in [0.25, 0.3) is 15.3 Å². The van der Waals surface area contributed by atoms with E-state index in [-0.39, 0.29) is 24.9 Å². The van der Waals surface area contributed by atoms with Gasteiger partial charge in [-0.15, -0.1) is 0 Å². The van der Waals surface area contributed by atoms with E-state index in [4.69, 9.17) is 25.3 Å². The van der Waals surface area contributed by atoms with Gasteiger partial charge >= 0.3 is 0 Å². The summed E-state index contributed by atoms with van der Waals surface area (Å²) in [6.45, 7) is 3.72. The number of nitrogens with two attached hydrogens (primary N) is 1. The number of nitrogens with one attached hydrogen (secondary N) is 1. The molecule has 0 aliphatic carbocycles. The van der Waals surface area contributed by atoms with Crippen molar-refractivity contribution in [2.75, 3.05) is 19.0 Å². The third kappa shape index (κ3) is 3.86. The number of anilines is 1. The van der Waals surface area contributed by atoms with Crippen LogP contribution in [0.3, 0.4) is 0 Å². The van der Waals surface area contributed by atoms with E-state index in [1.165, 1.54) is 18.4 Å². The largest absolute Gasteiger partial charge is 0.493 e. The number of hydrogen-bond donors (Lipinski definition) is 2. The van der Waals surface area contributed by atoms with Gasteiger partial charge in [0.05, 0.1) is 23.0 Å². The maximum absolute atomic E-state index is 12.7. The molecule has 0 radical (unpaired) electrons. The quantitative estimate of drug-likeness (QED) is 0.439. The zero-order chi connectivity index (χ0) is 24.0. The summed E-state index contributed by atoms with van der Waals surface area (Å²) >= 11 is 1.53. The van der Waals surface area contributed by atoms with Crippen LogP contribution in [0.5, 0.6) is 11.5 Å². The summed E-state index contributed by atoms with van der Waals surface area (Å²) in [5.74, 6) is 0.577. The van der Waals surface area contributed by atoms with Gasteiger partial charge in [0, 0.05) is 17.9 Å². The van der Waals surface area contributed by atoms with Crippen LogP contribution in [-0.4, -0.2) is 40.3 Å². The van der Waals surface area contributed by atoms with Crippen LogP contribution < -0.4 is 20.5 Å². The molecule has 2 amide bonds. The minimum atomic E-state index is -0.576. The van der Waals surface area contributed by atoms with Crippen LogP contribution >= 0.6 is 11.3 Å². The lowest BCUT2D eigenvalue weighted by Crippen LogP contribution is -2.25. The maximum Gasteiger partial charge on any atom is 0.255 e. The molecule has 0 bridgehead atoms. The molecule has 3 N–H and O–H groups in total. The number of carbonyl (C=O) groups excluding carboxylic acids is 2. The number of benzene rings is 2. The summed E-state index contributed by atoms with van der Waals surface area (Å²) in [5.41, 5.74) is 9.85.